The van der Waals surface area contributed by atoms with Gasteiger partial charge < -0.3 is 19.5 Å². The van der Waals surface area contributed by atoms with Crippen molar-refractivity contribution in [3.8, 4) is 0 Å². The van der Waals surface area contributed by atoms with E-state index in [0.717, 1.165) is 77.4 Å². The first kappa shape index (κ1) is 38.4. The van der Waals surface area contributed by atoms with E-state index in [1.54, 1.807) is 0 Å². The molecular formula is C35H60N2O6. The van der Waals surface area contributed by atoms with E-state index in [4.69, 9.17) is 14.2 Å². The van der Waals surface area contributed by atoms with Crippen LogP contribution in [0.1, 0.15) is 141 Å². The third kappa shape index (κ3) is 21.7. The average Bonchev–Trinajstić information content (AvgIpc) is 2.91. The molecule has 1 rings (SSSR count). The van der Waals surface area contributed by atoms with Gasteiger partial charge in [0.1, 0.15) is 11.2 Å². The molecule has 246 valence electrons. The van der Waals surface area contributed by atoms with Crippen molar-refractivity contribution in [2.45, 2.75) is 143 Å². The number of amides is 1. The highest BCUT2D eigenvalue weighted by molar-refractivity contribution is 5.89. The van der Waals surface area contributed by atoms with Gasteiger partial charge in [-0.15, -0.1) is 0 Å². The van der Waals surface area contributed by atoms with Crippen LogP contribution in [-0.4, -0.2) is 60.9 Å². The third-order valence-corrected chi connectivity index (χ3v) is 6.88. The van der Waals surface area contributed by atoms with Crippen LogP contribution in [0.4, 0.5) is 4.79 Å². The molecule has 8 heteroatoms. The van der Waals surface area contributed by atoms with Crippen LogP contribution in [0.3, 0.4) is 0 Å². The molecule has 1 N–H and O–H groups in total. The smallest absolute Gasteiger partial charge is 0.407 e. The highest BCUT2D eigenvalue weighted by Crippen LogP contribution is 2.15. The predicted octanol–water partition coefficient (Wildman–Crippen LogP) is 8.21. The lowest BCUT2D eigenvalue weighted by Crippen LogP contribution is -2.32. The molecule has 0 spiro atoms. The van der Waals surface area contributed by atoms with Crippen LogP contribution in [0.2, 0.25) is 0 Å². The molecular weight excluding hydrogens is 544 g/mol. The predicted molar refractivity (Wildman–Crippen MR) is 173 cm³/mol. The van der Waals surface area contributed by atoms with Crippen molar-refractivity contribution in [1.29, 1.82) is 0 Å². The molecule has 1 amide bonds. The molecule has 1 aromatic rings. The second-order valence-corrected chi connectivity index (χ2v) is 13.5. The minimum atomic E-state index is -0.468. The average molecular weight is 605 g/mol. The monoisotopic (exact) mass is 604 g/mol. The highest BCUT2D eigenvalue weighted by atomic mass is 16.6. The Morgan fingerprint density at radius 3 is 1.67 bits per heavy atom. The first-order valence-electron chi connectivity index (χ1n) is 16.4. The van der Waals surface area contributed by atoms with E-state index < -0.39 is 11.2 Å². The zero-order chi connectivity index (χ0) is 32.1. The van der Waals surface area contributed by atoms with Gasteiger partial charge in [0, 0.05) is 19.5 Å². The fourth-order valence-corrected chi connectivity index (χ4v) is 4.77. The van der Waals surface area contributed by atoms with Gasteiger partial charge in [-0.1, -0.05) is 63.5 Å². The van der Waals surface area contributed by atoms with E-state index in [1.807, 2.05) is 65.8 Å². The van der Waals surface area contributed by atoms with Gasteiger partial charge in [0.25, 0.3) is 0 Å². The number of carbonyl (C=O) groups is 3. The molecule has 0 saturated heterocycles. The number of esters is 2. The molecule has 8 nitrogen and oxygen atoms in total. The van der Waals surface area contributed by atoms with Gasteiger partial charge in [0.05, 0.1) is 12.7 Å². The summed E-state index contributed by atoms with van der Waals surface area (Å²) in [6, 6.07) is 7.73. The van der Waals surface area contributed by atoms with Gasteiger partial charge in [0.15, 0.2) is 0 Å². The Hall–Kier alpha value is -2.61. The molecule has 0 unspecified atom stereocenters. The molecule has 0 aliphatic rings. The molecule has 0 aliphatic heterocycles. The standard InChI is InChI=1S/C35H60N2O6/c1-34(2,3)42-31(38)20-16-12-9-8-10-14-18-26-37(28-29-21-23-30(24-22-29)32(39)41-7)27-19-15-11-13-17-25-36-33(40)43-35(4,5)6/h21-24H,8-20,25-28H2,1-7H3,(H,36,40). The van der Waals surface area contributed by atoms with E-state index in [9.17, 15) is 14.4 Å². The van der Waals surface area contributed by atoms with Crippen molar-refractivity contribution in [2.75, 3.05) is 26.7 Å². The molecule has 0 atom stereocenters. The summed E-state index contributed by atoms with van der Waals surface area (Å²) in [6.45, 7) is 14.9. The molecule has 0 radical (unpaired) electrons. The molecule has 1 aromatic carbocycles. The Morgan fingerprint density at radius 1 is 0.674 bits per heavy atom. The summed E-state index contributed by atoms with van der Waals surface area (Å²) in [7, 11) is 1.40. The van der Waals surface area contributed by atoms with E-state index in [0.29, 0.717) is 18.5 Å². The minimum absolute atomic E-state index is 0.0947. The number of ether oxygens (including phenoxy) is 3. The van der Waals surface area contributed by atoms with Gasteiger partial charge in [0.2, 0.25) is 0 Å². The fourth-order valence-electron chi connectivity index (χ4n) is 4.77. The lowest BCUT2D eigenvalue weighted by atomic mass is 10.1. The van der Waals surface area contributed by atoms with Crippen LogP contribution in [0.15, 0.2) is 24.3 Å². The maximum atomic E-state index is 11.8. The SMILES string of the molecule is COC(=O)c1ccc(CN(CCCCCCCCCC(=O)OC(C)(C)C)CCCCCCCNC(=O)OC(C)(C)C)cc1. The number of nitrogens with zero attached hydrogens (tertiary/aromatic N) is 1. The summed E-state index contributed by atoms with van der Waals surface area (Å²) < 4.78 is 15.5. The van der Waals surface area contributed by atoms with E-state index >= 15 is 0 Å². The number of carbonyl (C=O) groups excluding carboxylic acids is 3. The van der Waals surface area contributed by atoms with Crippen molar-refractivity contribution in [2.24, 2.45) is 0 Å². The summed E-state index contributed by atoms with van der Waals surface area (Å²) in [5.74, 6) is -0.405. The summed E-state index contributed by atoms with van der Waals surface area (Å²) in [6.07, 6.45) is 13.6. The molecule has 0 aromatic heterocycles. The first-order valence-corrected chi connectivity index (χ1v) is 16.4. The highest BCUT2D eigenvalue weighted by Gasteiger charge is 2.16. The van der Waals surface area contributed by atoms with E-state index in [1.165, 1.54) is 31.9 Å². The number of methoxy groups -OCH3 is 1. The molecule has 0 saturated carbocycles. The number of unbranched alkanes of at least 4 members (excludes halogenated alkanes) is 10. The van der Waals surface area contributed by atoms with Crippen LogP contribution in [0.5, 0.6) is 0 Å². The van der Waals surface area contributed by atoms with Crippen LogP contribution in [0.25, 0.3) is 0 Å². The third-order valence-electron chi connectivity index (χ3n) is 6.88. The number of hydrogen-bond acceptors (Lipinski definition) is 7. The Morgan fingerprint density at radius 2 is 1.16 bits per heavy atom. The molecule has 43 heavy (non-hydrogen) atoms. The van der Waals surface area contributed by atoms with Gasteiger partial charge in [-0.2, -0.15) is 0 Å². The zero-order valence-corrected chi connectivity index (χ0v) is 28.2. The first-order chi connectivity index (χ1) is 20.3. The number of nitrogens with one attached hydrogen (secondary N) is 1. The van der Waals surface area contributed by atoms with Crippen molar-refractivity contribution in [1.82, 2.24) is 10.2 Å². The number of hydrogen-bond donors (Lipinski definition) is 1. The second kappa shape index (κ2) is 21.2. The van der Waals surface area contributed by atoms with Gasteiger partial charge >= 0.3 is 18.0 Å². The molecule has 0 bridgehead atoms. The van der Waals surface area contributed by atoms with Crippen molar-refractivity contribution >= 4 is 18.0 Å². The Bertz CT molecular complexity index is 918. The lowest BCUT2D eigenvalue weighted by Gasteiger charge is -2.23. The zero-order valence-electron chi connectivity index (χ0n) is 28.2. The van der Waals surface area contributed by atoms with Crippen molar-refractivity contribution in [3.63, 3.8) is 0 Å². The summed E-state index contributed by atoms with van der Waals surface area (Å²) in [5.41, 5.74) is 0.902. The van der Waals surface area contributed by atoms with Gasteiger partial charge in [-0.25, -0.2) is 9.59 Å². The van der Waals surface area contributed by atoms with E-state index in [-0.39, 0.29) is 18.0 Å². The second-order valence-electron chi connectivity index (χ2n) is 13.5. The lowest BCUT2D eigenvalue weighted by molar-refractivity contribution is -0.154. The molecule has 0 fully saturated rings. The van der Waals surface area contributed by atoms with Crippen LogP contribution >= 0.6 is 0 Å². The summed E-state index contributed by atoms with van der Waals surface area (Å²) in [5, 5.41) is 2.83. The van der Waals surface area contributed by atoms with Crippen LogP contribution in [0, 0.1) is 0 Å². The van der Waals surface area contributed by atoms with Crippen LogP contribution < -0.4 is 5.32 Å². The maximum absolute atomic E-state index is 11.8. The molecule has 0 aliphatic carbocycles. The number of benzene rings is 1. The fraction of sp³-hybridized carbons (Fsp3) is 0.743. The molecule has 0 heterocycles. The largest absolute Gasteiger partial charge is 0.465 e. The summed E-state index contributed by atoms with van der Waals surface area (Å²) >= 11 is 0. The Labute approximate surface area is 261 Å². The van der Waals surface area contributed by atoms with E-state index in [2.05, 4.69) is 10.2 Å². The van der Waals surface area contributed by atoms with Crippen molar-refractivity contribution in [3.05, 3.63) is 35.4 Å². The van der Waals surface area contributed by atoms with Gasteiger partial charge in [-0.3, -0.25) is 9.69 Å². The van der Waals surface area contributed by atoms with Gasteiger partial charge in [-0.05, 0) is 98.0 Å². The summed E-state index contributed by atoms with van der Waals surface area (Å²) in [4.78, 5) is 37.9. The maximum Gasteiger partial charge on any atom is 0.407 e. The Kier molecular flexibility index (Phi) is 18.9. The minimum Gasteiger partial charge on any atom is -0.465 e. The van der Waals surface area contributed by atoms with Crippen LogP contribution in [-0.2, 0) is 25.5 Å². The quantitative estimate of drug-likeness (QED) is 0.0858. The Balaban J connectivity index is 2.34. The normalized spacial score (nSPS) is 11.8. The number of rotatable bonds is 21. The number of alkyl carbamates (subject to hydrolysis) is 1. The topological polar surface area (TPSA) is 94.2 Å². The van der Waals surface area contributed by atoms with Crippen molar-refractivity contribution < 1.29 is 28.6 Å².